The molecule has 50 heavy (non-hydrogen) atoms. The van der Waals surface area contributed by atoms with Gasteiger partial charge >= 0.3 is 11.9 Å². The van der Waals surface area contributed by atoms with Crippen LogP contribution < -0.4 is 20.9 Å². The molecular formula is C35H48ClN5O8S. The van der Waals surface area contributed by atoms with Crippen molar-refractivity contribution in [1.82, 2.24) is 15.6 Å². The Morgan fingerprint density at radius 1 is 1.10 bits per heavy atom. The van der Waals surface area contributed by atoms with E-state index in [1.54, 1.807) is 23.8 Å². The van der Waals surface area contributed by atoms with Crippen molar-refractivity contribution < 1.29 is 37.4 Å². The summed E-state index contributed by atoms with van der Waals surface area (Å²) in [6.45, 7) is 7.71. The van der Waals surface area contributed by atoms with Gasteiger partial charge in [0.15, 0.2) is 0 Å². The van der Waals surface area contributed by atoms with E-state index < -0.39 is 40.0 Å². The fraction of sp³-hybridized carbons (Fsp3) is 0.543. The molecule has 2 amide bonds. The van der Waals surface area contributed by atoms with Gasteiger partial charge in [-0.15, -0.1) is 0 Å². The monoisotopic (exact) mass is 733 g/mol. The van der Waals surface area contributed by atoms with E-state index in [0.717, 1.165) is 49.8 Å². The zero-order chi connectivity index (χ0) is 36.7. The number of amides is 2. The van der Waals surface area contributed by atoms with Crippen LogP contribution in [0.5, 0.6) is 0 Å². The number of halogens is 1. The highest BCUT2D eigenvalue weighted by Crippen LogP contribution is 2.40. The van der Waals surface area contributed by atoms with Crippen LogP contribution in [0.4, 0.5) is 5.69 Å². The fourth-order valence-electron chi connectivity index (χ4n) is 7.17. The summed E-state index contributed by atoms with van der Waals surface area (Å²) in [4.78, 5) is 50.7. The average molecular weight is 734 g/mol. The molecule has 1 unspecified atom stereocenters. The van der Waals surface area contributed by atoms with Gasteiger partial charge in [0.1, 0.15) is 17.0 Å². The lowest BCUT2D eigenvalue weighted by molar-refractivity contribution is -0.152. The van der Waals surface area contributed by atoms with E-state index in [1.807, 2.05) is 38.1 Å². The molecule has 2 aromatic carbocycles. The Morgan fingerprint density at radius 2 is 1.80 bits per heavy atom. The number of fused-ring (bicyclic) bond motifs is 2. The molecule has 0 spiro atoms. The zero-order valence-electron chi connectivity index (χ0n) is 28.9. The van der Waals surface area contributed by atoms with E-state index >= 15 is 0 Å². The number of hydrogen-bond donors (Lipinski definition) is 4. The summed E-state index contributed by atoms with van der Waals surface area (Å²) in [6.07, 6.45) is 6.69. The zero-order valence-corrected chi connectivity index (χ0v) is 30.5. The Hall–Kier alpha value is -3.72. The van der Waals surface area contributed by atoms with Crippen LogP contribution in [0.25, 0.3) is 0 Å². The lowest BCUT2D eigenvalue weighted by atomic mass is 9.84. The first-order chi connectivity index (χ1) is 23.7. The van der Waals surface area contributed by atoms with Crippen molar-refractivity contribution in [2.75, 3.05) is 11.6 Å². The lowest BCUT2D eigenvalue weighted by Crippen LogP contribution is -2.55. The van der Waals surface area contributed by atoms with Crippen LogP contribution in [0.1, 0.15) is 88.6 Å². The van der Waals surface area contributed by atoms with Gasteiger partial charge in [-0.3, -0.25) is 30.1 Å². The first-order valence-corrected chi connectivity index (χ1v) is 19.1. The van der Waals surface area contributed by atoms with Crippen LogP contribution in [0.2, 0.25) is 5.02 Å². The predicted octanol–water partition coefficient (Wildman–Crippen LogP) is 4.02. The second kappa shape index (κ2) is 17.0. The minimum Gasteiger partial charge on any atom is -0.480 e. The highest BCUT2D eigenvalue weighted by atomic mass is 35.5. The topological polar surface area (TPSA) is 188 Å². The van der Waals surface area contributed by atoms with Crippen LogP contribution in [0, 0.1) is 5.92 Å². The highest BCUT2D eigenvalue weighted by molar-refractivity contribution is 7.89. The number of carbonyl (C=O) groups excluding carboxylic acids is 3. The van der Waals surface area contributed by atoms with Crippen molar-refractivity contribution >= 4 is 51.1 Å². The third kappa shape index (κ3) is 9.14. The third-order valence-corrected chi connectivity index (χ3v) is 10.9. The molecule has 5 N–H and O–H groups in total. The molecule has 13 nitrogen and oxygen atoms in total. The number of anilines is 1. The molecular weight excluding hydrogens is 686 g/mol. The van der Waals surface area contributed by atoms with E-state index in [-0.39, 0.29) is 45.4 Å². The number of hydrogen-bond acceptors (Lipinski definition) is 9. The van der Waals surface area contributed by atoms with Gasteiger partial charge in [-0.1, -0.05) is 56.0 Å². The number of nitrogens with one attached hydrogen (secondary N) is 2. The number of carboxylic acid groups (broad SMARTS) is 1. The van der Waals surface area contributed by atoms with Crippen LogP contribution in [0.15, 0.2) is 47.4 Å². The van der Waals surface area contributed by atoms with E-state index in [0.29, 0.717) is 19.4 Å². The number of nitrogens with two attached hydrogens (primary N) is 1. The summed E-state index contributed by atoms with van der Waals surface area (Å²) >= 11 is 5.84. The van der Waals surface area contributed by atoms with Crippen LogP contribution >= 0.6 is 11.6 Å². The molecule has 15 heteroatoms. The number of rotatable bonds is 11. The van der Waals surface area contributed by atoms with Crippen LogP contribution in [-0.4, -0.2) is 79.0 Å². The molecule has 0 bridgehead atoms. The number of ether oxygens (including phenoxy) is 1. The minimum absolute atomic E-state index is 0.00817. The Morgan fingerprint density at radius 3 is 2.46 bits per heavy atom. The Balaban J connectivity index is 0.000000225. The molecule has 2 fully saturated rings. The molecule has 0 aromatic heterocycles. The van der Waals surface area contributed by atoms with Gasteiger partial charge in [0.25, 0.3) is 5.91 Å². The number of primary sulfonamides is 1. The molecule has 2 aliphatic heterocycles. The number of carboxylic acids is 1. The first-order valence-electron chi connectivity index (χ1n) is 17.2. The standard InChI is InChI=1S/C19H32N2O5.C16H16ClN3O3S/c1-4-8-14(19(25)26-5-2)20-12(3)17(22)21-15-10-7-6-9-13(15)11-16(21)18(23)24;1-10-8-11-4-2-3-5-14(11)20(10)19-16(21)12-6-7-13(17)15(9-12)24(18,22)23/h12-16,20H,4-11H2,1-3H3,(H,23,24);2-7,9-10H,8H2,1H3,(H,19,21)(H2,18,22,23)/t12-,13-,14-,15-,16-;/m0./s1. The Labute approximate surface area is 298 Å². The van der Waals surface area contributed by atoms with Crippen molar-refractivity contribution in [1.29, 1.82) is 0 Å². The number of hydrazine groups is 1. The Bertz CT molecular complexity index is 1670. The maximum Gasteiger partial charge on any atom is 0.326 e. The van der Waals surface area contributed by atoms with E-state index in [2.05, 4.69) is 10.7 Å². The first kappa shape index (κ1) is 39.1. The van der Waals surface area contributed by atoms with Crippen molar-refractivity contribution in [2.24, 2.45) is 11.1 Å². The second-order valence-corrected chi connectivity index (χ2v) is 15.0. The van der Waals surface area contributed by atoms with E-state index in [1.165, 1.54) is 18.2 Å². The van der Waals surface area contributed by atoms with Crippen LogP contribution in [0.3, 0.4) is 0 Å². The molecule has 1 saturated heterocycles. The molecule has 5 rings (SSSR count). The summed E-state index contributed by atoms with van der Waals surface area (Å²) in [6, 6.07) is 9.95. The van der Waals surface area contributed by atoms with Gasteiger partial charge in [0.2, 0.25) is 15.9 Å². The van der Waals surface area contributed by atoms with E-state index in [4.69, 9.17) is 21.5 Å². The quantitative estimate of drug-likeness (QED) is 0.246. The minimum atomic E-state index is -4.00. The SMILES string of the molecule is CC1Cc2ccccc2N1NC(=O)c1ccc(Cl)c(S(N)(=O)=O)c1.CCC[C@H](N[C@@H](C)C(=O)N1[C@H](C(=O)O)C[C@@H]2CCCC[C@@H]21)C(=O)OCC. The van der Waals surface area contributed by atoms with Crippen LogP contribution in [-0.2, 0) is 35.6 Å². The Kier molecular flexibility index (Phi) is 13.3. The second-order valence-electron chi connectivity index (χ2n) is 13.1. The maximum absolute atomic E-state index is 13.1. The van der Waals surface area contributed by atoms with Crippen molar-refractivity contribution in [3.63, 3.8) is 0 Å². The number of likely N-dealkylation sites (tertiary alicyclic amines) is 1. The number of esters is 1. The largest absolute Gasteiger partial charge is 0.480 e. The summed E-state index contributed by atoms with van der Waals surface area (Å²) < 4.78 is 28.2. The summed E-state index contributed by atoms with van der Waals surface area (Å²) in [5.74, 6) is -1.67. The molecule has 6 atom stereocenters. The normalized spacial score (nSPS) is 22.4. The summed E-state index contributed by atoms with van der Waals surface area (Å²) in [5.41, 5.74) is 5.06. The molecule has 2 aromatic rings. The summed E-state index contributed by atoms with van der Waals surface area (Å²) in [5, 5.41) is 19.6. The number of benzene rings is 2. The van der Waals surface area contributed by atoms with Gasteiger partial charge < -0.3 is 14.7 Å². The molecule has 3 aliphatic rings. The van der Waals surface area contributed by atoms with Crippen molar-refractivity contribution in [2.45, 2.75) is 114 Å². The molecule has 274 valence electrons. The maximum atomic E-state index is 13.1. The highest BCUT2D eigenvalue weighted by Gasteiger charge is 2.48. The molecule has 2 heterocycles. The third-order valence-electron chi connectivity index (χ3n) is 9.53. The summed E-state index contributed by atoms with van der Waals surface area (Å²) in [7, 11) is -4.00. The van der Waals surface area contributed by atoms with Gasteiger partial charge in [-0.25, -0.2) is 18.4 Å². The lowest BCUT2D eigenvalue weighted by Gasteiger charge is -2.35. The van der Waals surface area contributed by atoms with Crippen molar-refractivity contribution in [3.8, 4) is 0 Å². The van der Waals surface area contributed by atoms with Gasteiger partial charge in [-0.05, 0) is 88.6 Å². The molecule has 0 radical (unpaired) electrons. The van der Waals surface area contributed by atoms with Gasteiger partial charge in [0, 0.05) is 11.6 Å². The number of nitrogens with zero attached hydrogens (tertiary/aromatic N) is 2. The molecule has 1 saturated carbocycles. The number of carbonyl (C=O) groups is 4. The number of sulfonamides is 1. The fourth-order valence-corrected chi connectivity index (χ4v) is 8.24. The van der Waals surface area contributed by atoms with E-state index in [9.17, 15) is 32.7 Å². The average Bonchev–Trinajstić information content (AvgIpc) is 3.61. The number of para-hydroxylation sites is 1. The van der Waals surface area contributed by atoms with Gasteiger partial charge in [-0.2, -0.15) is 0 Å². The number of aliphatic carboxylic acids is 1. The molecule has 1 aliphatic carbocycles. The smallest absolute Gasteiger partial charge is 0.326 e. The van der Waals surface area contributed by atoms with Crippen molar-refractivity contribution in [3.05, 3.63) is 58.6 Å². The predicted molar refractivity (Wildman–Crippen MR) is 189 cm³/mol. The van der Waals surface area contributed by atoms with Gasteiger partial charge in [0.05, 0.1) is 29.4 Å².